The Bertz CT molecular complexity index is 1350. The number of esters is 4. The maximum atomic E-state index is 13.4. The number of thiazole rings is 1. The third kappa shape index (κ3) is 7.28. The van der Waals surface area contributed by atoms with Crippen LogP contribution in [0.5, 0.6) is 0 Å². The highest BCUT2D eigenvalue weighted by Crippen LogP contribution is 2.33. The lowest BCUT2D eigenvalue weighted by Crippen LogP contribution is -2.64. The first-order valence-corrected chi connectivity index (χ1v) is 13.9. The first kappa shape index (κ1) is 30.8. The highest BCUT2D eigenvalue weighted by molar-refractivity contribution is 7.98. The molecule has 0 aromatic carbocycles. The quantitative estimate of drug-likeness (QED) is 0.176. The van der Waals surface area contributed by atoms with Gasteiger partial charge in [0.15, 0.2) is 34.8 Å². The molecule has 5 atom stereocenters. The molecule has 15 nitrogen and oxygen atoms in total. The number of carbonyl (C=O) groups is 4. The number of hydrogen-bond acceptors (Lipinski definition) is 16. The SMILES string of the molecule is CSc1nc(NC2OC(COC(C)=O)C(OC(C)=O)C(OC(C)=O)C2OC(C)=O)c(-c2csc(N)n2)c(=O)n1C. The van der Waals surface area contributed by atoms with Crippen molar-refractivity contribution in [1.29, 1.82) is 0 Å². The molecule has 2 aromatic heterocycles. The van der Waals surface area contributed by atoms with Crippen LogP contribution in [-0.2, 0) is 49.9 Å². The number of aromatic nitrogens is 3. The van der Waals surface area contributed by atoms with Gasteiger partial charge in [-0.25, -0.2) is 9.97 Å². The van der Waals surface area contributed by atoms with Crippen molar-refractivity contribution >= 4 is 57.9 Å². The molecule has 2 aromatic rings. The molecule has 0 bridgehead atoms. The van der Waals surface area contributed by atoms with Gasteiger partial charge < -0.3 is 34.7 Å². The summed E-state index contributed by atoms with van der Waals surface area (Å²) >= 11 is 2.31. The predicted molar refractivity (Wildman–Crippen MR) is 142 cm³/mol. The van der Waals surface area contributed by atoms with Crippen molar-refractivity contribution < 1.29 is 42.9 Å². The van der Waals surface area contributed by atoms with Crippen LogP contribution in [0.3, 0.4) is 0 Å². The van der Waals surface area contributed by atoms with Gasteiger partial charge >= 0.3 is 23.9 Å². The Labute approximate surface area is 236 Å². The second-order valence-electron chi connectivity index (χ2n) is 8.52. The average molecular weight is 600 g/mol. The number of nitrogens with zero attached hydrogens (tertiary/aromatic N) is 3. The molecular weight excluding hydrogens is 570 g/mol. The van der Waals surface area contributed by atoms with Gasteiger partial charge in [-0.2, -0.15) is 0 Å². The van der Waals surface area contributed by atoms with Crippen LogP contribution in [0, 0.1) is 0 Å². The lowest BCUT2D eigenvalue weighted by molar-refractivity contribution is -0.247. The summed E-state index contributed by atoms with van der Waals surface area (Å²) < 4.78 is 28.8. The summed E-state index contributed by atoms with van der Waals surface area (Å²) in [4.78, 5) is 69.9. The lowest BCUT2D eigenvalue weighted by Gasteiger charge is -2.44. The molecule has 3 N–H and O–H groups in total. The summed E-state index contributed by atoms with van der Waals surface area (Å²) in [5, 5.41) is 5.08. The molecule has 5 unspecified atom stereocenters. The highest BCUT2D eigenvalue weighted by atomic mass is 32.2. The van der Waals surface area contributed by atoms with E-state index in [4.69, 9.17) is 29.4 Å². The number of hydrogen-bond donors (Lipinski definition) is 2. The molecule has 3 heterocycles. The summed E-state index contributed by atoms with van der Waals surface area (Å²) in [5.74, 6) is -2.96. The Morgan fingerprint density at radius 1 is 1.02 bits per heavy atom. The van der Waals surface area contributed by atoms with Crippen LogP contribution < -0.4 is 16.6 Å². The lowest BCUT2D eigenvalue weighted by atomic mass is 9.97. The van der Waals surface area contributed by atoms with Crippen molar-refractivity contribution in [2.45, 2.75) is 63.5 Å². The van der Waals surface area contributed by atoms with E-state index in [0.717, 1.165) is 32.1 Å². The number of thioether (sulfide) groups is 1. The molecule has 40 heavy (non-hydrogen) atoms. The maximum Gasteiger partial charge on any atom is 0.303 e. The molecule has 0 spiro atoms. The highest BCUT2D eigenvalue weighted by Gasteiger charge is 2.52. The first-order chi connectivity index (χ1) is 18.8. The summed E-state index contributed by atoms with van der Waals surface area (Å²) in [6.07, 6.45) is -4.95. The van der Waals surface area contributed by atoms with E-state index in [1.165, 1.54) is 23.3 Å². The van der Waals surface area contributed by atoms with E-state index in [1.54, 1.807) is 18.7 Å². The Balaban J connectivity index is 2.17. The number of rotatable bonds is 9. The van der Waals surface area contributed by atoms with Crippen LogP contribution in [0.4, 0.5) is 10.9 Å². The Kier molecular flexibility index (Phi) is 10.1. The molecule has 0 saturated carbocycles. The fourth-order valence-electron chi connectivity index (χ4n) is 3.98. The van der Waals surface area contributed by atoms with Crippen molar-refractivity contribution in [2.24, 2.45) is 7.05 Å². The Morgan fingerprint density at radius 2 is 1.62 bits per heavy atom. The van der Waals surface area contributed by atoms with Crippen LogP contribution in [0.25, 0.3) is 11.3 Å². The normalized spacial score (nSPS) is 22.2. The van der Waals surface area contributed by atoms with Crippen molar-refractivity contribution in [3.05, 3.63) is 15.7 Å². The monoisotopic (exact) mass is 599 g/mol. The van der Waals surface area contributed by atoms with Crippen LogP contribution in [0.15, 0.2) is 15.3 Å². The number of ether oxygens (including phenoxy) is 5. The molecule has 17 heteroatoms. The standard InChI is InChI=1S/C23H29N5O10S2/c1-9(29)34-7-14-16(35-10(2)30)17(36-11(3)31)18(37-12(4)32)20(38-14)26-19-15(13-8-40-22(24)25-13)21(33)28(5)23(27-19)39-6/h8,14,16-18,20,26H,7H2,1-6H3,(H2,24,25). The van der Waals surface area contributed by atoms with Gasteiger partial charge in [-0.15, -0.1) is 11.3 Å². The smallest absolute Gasteiger partial charge is 0.303 e. The van der Waals surface area contributed by atoms with Crippen molar-refractivity contribution in [3.63, 3.8) is 0 Å². The van der Waals surface area contributed by atoms with Crippen molar-refractivity contribution in [3.8, 4) is 11.3 Å². The largest absolute Gasteiger partial charge is 0.463 e. The molecule has 3 rings (SSSR count). The summed E-state index contributed by atoms with van der Waals surface area (Å²) in [6, 6.07) is 0. The molecule has 1 aliphatic rings. The summed E-state index contributed by atoms with van der Waals surface area (Å²) in [6.45, 7) is 4.13. The first-order valence-electron chi connectivity index (χ1n) is 11.8. The number of nitrogens with two attached hydrogens (primary N) is 1. The van der Waals surface area contributed by atoms with Gasteiger partial charge in [0.2, 0.25) is 0 Å². The molecule has 0 aliphatic carbocycles. The Morgan fingerprint density at radius 3 is 2.15 bits per heavy atom. The number of nitrogens with one attached hydrogen (secondary N) is 1. The van der Waals surface area contributed by atoms with Gasteiger partial charge in [0.25, 0.3) is 5.56 Å². The van der Waals surface area contributed by atoms with Gasteiger partial charge in [-0.05, 0) is 6.26 Å². The molecular formula is C23H29N5O10S2. The second kappa shape index (κ2) is 13.1. The minimum Gasteiger partial charge on any atom is -0.463 e. The Hall–Kier alpha value is -3.70. The van der Waals surface area contributed by atoms with Crippen molar-refractivity contribution in [2.75, 3.05) is 23.9 Å². The van der Waals surface area contributed by atoms with Gasteiger partial charge in [-0.3, -0.25) is 28.5 Å². The molecule has 1 saturated heterocycles. The van der Waals surface area contributed by atoms with E-state index in [2.05, 4.69) is 15.3 Å². The molecule has 0 radical (unpaired) electrons. The van der Waals surface area contributed by atoms with Crippen molar-refractivity contribution in [1.82, 2.24) is 14.5 Å². The predicted octanol–water partition coefficient (Wildman–Crippen LogP) is 0.703. The zero-order valence-corrected chi connectivity index (χ0v) is 24.1. The van der Waals surface area contributed by atoms with Crippen LogP contribution in [0.2, 0.25) is 0 Å². The van der Waals surface area contributed by atoms with E-state index >= 15 is 0 Å². The second-order valence-corrected chi connectivity index (χ2v) is 10.2. The molecule has 0 amide bonds. The average Bonchev–Trinajstić information content (AvgIpc) is 3.28. The number of anilines is 2. The van der Waals surface area contributed by atoms with Gasteiger partial charge in [0.05, 0.1) is 5.69 Å². The summed E-state index contributed by atoms with van der Waals surface area (Å²) in [7, 11) is 1.54. The van der Waals surface area contributed by atoms with E-state index in [-0.39, 0.29) is 22.2 Å². The third-order valence-electron chi connectivity index (χ3n) is 5.48. The fraction of sp³-hybridized carbons (Fsp3) is 0.522. The topological polar surface area (TPSA) is 200 Å². The zero-order chi connectivity index (χ0) is 29.7. The van der Waals surface area contributed by atoms with Crippen LogP contribution in [0.1, 0.15) is 27.7 Å². The number of nitrogen functional groups attached to an aromatic ring is 1. The zero-order valence-electron chi connectivity index (χ0n) is 22.5. The fourth-order valence-corrected chi connectivity index (χ4v) is 5.08. The maximum absolute atomic E-state index is 13.4. The number of carbonyl (C=O) groups excluding carboxylic acids is 4. The minimum absolute atomic E-state index is 0.00125. The minimum atomic E-state index is -1.41. The van der Waals surface area contributed by atoms with Gasteiger partial charge in [0, 0.05) is 40.1 Å². The van der Waals surface area contributed by atoms with Gasteiger partial charge in [-0.1, -0.05) is 11.8 Å². The van der Waals surface area contributed by atoms with E-state index in [9.17, 15) is 24.0 Å². The van der Waals surface area contributed by atoms with E-state index in [0.29, 0.717) is 5.16 Å². The van der Waals surface area contributed by atoms with E-state index < -0.39 is 66.7 Å². The van der Waals surface area contributed by atoms with Gasteiger partial charge in [0.1, 0.15) is 24.1 Å². The molecule has 218 valence electrons. The summed E-state index contributed by atoms with van der Waals surface area (Å²) in [5.41, 5.74) is 5.62. The molecule has 1 aliphatic heterocycles. The van der Waals surface area contributed by atoms with Crippen LogP contribution in [-0.4, -0.2) is 81.9 Å². The third-order valence-corrected chi connectivity index (χ3v) is 6.88. The van der Waals surface area contributed by atoms with Crippen LogP contribution >= 0.6 is 23.1 Å². The molecule has 1 fully saturated rings. The van der Waals surface area contributed by atoms with E-state index in [1.807, 2.05) is 0 Å².